The van der Waals surface area contributed by atoms with Crippen molar-refractivity contribution >= 4 is 5.91 Å². The summed E-state index contributed by atoms with van der Waals surface area (Å²) in [7, 11) is 0. The maximum atomic E-state index is 12.3. The van der Waals surface area contributed by atoms with Gasteiger partial charge in [-0.2, -0.15) is 5.10 Å². The van der Waals surface area contributed by atoms with Gasteiger partial charge in [0.05, 0.1) is 11.8 Å². The third kappa shape index (κ3) is 2.49. The van der Waals surface area contributed by atoms with Crippen molar-refractivity contribution in [2.75, 3.05) is 0 Å². The molecule has 0 fully saturated rings. The van der Waals surface area contributed by atoms with Gasteiger partial charge in [-0.15, -0.1) is 0 Å². The number of nitrogens with one attached hydrogen (secondary N) is 1. The van der Waals surface area contributed by atoms with Crippen molar-refractivity contribution in [1.29, 1.82) is 0 Å². The van der Waals surface area contributed by atoms with Gasteiger partial charge in [-0.05, 0) is 18.9 Å². The smallest absolute Gasteiger partial charge is 0.346 e. The van der Waals surface area contributed by atoms with Crippen LogP contribution in [0.15, 0.2) is 21.5 Å². The topological polar surface area (TPSA) is 108 Å². The van der Waals surface area contributed by atoms with E-state index < -0.39 is 5.91 Å². The van der Waals surface area contributed by atoms with Crippen LogP contribution in [-0.2, 0) is 19.5 Å². The Labute approximate surface area is 120 Å². The molecule has 0 unspecified atom stereocenters. The summed E-state index contributed by atoms with van der Waals surface area (Å²) in [5.41, 5.74) is 2.20. The predicted octanol–water partition coefficient (Wildman–Crippen LogP) is 0.0160. The maximum Gasteiger partial charge on any atom is 0.346 e. The summed E-state index contributed by atoms with van der Waals surface area (Å²) in [6.45, 7) is 0.817. The number of carbonyl (C=O) groups excluding carboxylic acids is 1. The van der Waals surface area contributed by atoms with E-state index in [0.717, 1.165) is 31.5 Å². The van der Waals surface area contributed by atoms with Crippen molar-refractivity contribution in [3.8, 4) is 0 Å². The molecule has 1 aliphatic heterocycles. The minimum absolute atomic E-state index is 0.120. The average molecular weight is 291 g/mol. The molecule has 3 N–H and O–H groups in total. The highest BCUT2D eigenvalue weighted by atomic mass is 16.3. The average Bonchev–Trinajstić information content (AvgIpc) is 2.97. The lowest BCUT2D eigenvalue weighted by Crippen LogP contribution is -2.31. The van der Waals surface area contributed by atoms with Crippen LogP contribution in [0.5, 0.6) is 0 Å². The number of nitrogens with two attached hydrogens (primary N) is 1. The van der Waals surface area contributed by atoms with Crippen LogP contribution in [0.4, 0.5) is 0 Å². The molecule has 0 bridgehead atoms. The first-order chi connectivity index (χ1) is 10.2. The lowest BCUT2D eigenvalue weighted by Gasteiger charge is -2.01. The molecule has 0 atom stereocenters. The summed E-state index contributed by atoms with van der Waals surface area (Å²) >= 11 is 0. The summed E-state index contributed by atoms with van der Waals surface area (Å²) < 4.78 is 8.32. The van der Waals surface area contributed by atoms with Crippen LogP contribution in [0, 0.1) is 0 Å². The molecule has 2 aromatic rings. The highest BCUT2D eigenvalue weighted by Gasteiger charge is 2.19. The largest absolute Gasteiger partial charge is 0.467 e. The second-order valence-corrected chi connectivity index (χ2v) is 5.05. The lowest BCUT2D eigenvalue weighted by molar-refractivity contribution is 0.0951. The Hall–Kier alpha value is -2.35. The Morgan fingerprint density at radius 2 is 2.29 bits per heavy atom. The fraction of sp³-hybridized carbons (Fsp3) is 0.462. The Bertz CT molecular complexity index is 712. The van der Waals surface area contributed by atoms with Crippen LogP contribution in [-0.4, -0.2) is 20.3 Å². The quantitative estimate of drug-likeness (QED) is 0.470. The molecule has 2 aromatic heterocycles. The van der Waals surface area contributed by atoms with Gasteiger partial charge < -0.3 is 4.42 Å². The number of carbonyl (C=O) groups is 1. The number of aryl methyl sites for hydroxylation is 1. The zero-order chi connectivity index (χ0) is 14.8. The lowest BCUT2D eigenvalue weighted by atomic mass is 10.2. The Kier molecular flexibility index (Phi) is 3.61. The zero-order valence-corrected chi connectivity index (χ0v) is 11.5. The molecular formula is C13H17N5O3. The van der Waals surface area contributed by atoms with Crippen molar-refractivity contribution in [3.63, 3.8) is 0 Å². The van der Waals surface area contributed by atoms with Crippen molar-refractivity contribution in [3.05, 3.63) is 40.0 Å². The van der Waals surface area contributed by atoms with Gasteiger partial charge in [0.2, 0.25) is 0 Å². The Morgan fingerprint density at radius 3 is 3.10 bits per heavy atom. The molecule has 0 spiro atoms. The second kappa shape index (κ2) is 5.57. The van der Waals surface area contributed by atoms with Gasteiger partial charge in [0, 0.05) is 13.0 Å². The number of fused-ring (bicyclic) bond motifs is 1. The first-order valence-corrected chi connectivity index (χ1v) is 6.94. The summed E-state index contributed by atoms with van der Waals surface area (Å²) in [5, 5.41) is 4.36. The van der Waals surface area contributed by atoms with Crippen molar-refractivity contribution in [2.24, 2.45) is 5.84 Å². The van der Waals surface area contributed by atoms with Crippen molar-refractivity contribution in [1.82, 2.24) is 19.8 Å². The standard InChI is InChI=1S/C13H17N5O3/c14-15-12(19)9-5-7-21-10(9)8-18-13(20)17-6-3-1-2-4-11(17)16-18/h5,7H,1-4,6,8,14H2,(H,15,19). The predicted molar refractivity (Wildman–Crippen MR) is 73.5 cm³/mol. The van der Waals surface area contributed by atoms with Gasteiger partial charge >= 0.3 is 5.69 Å². The number of hydrogen-bond donors (Lipinski definition) is 2. The van der Waals surface area contributed by atoms with E-state index in [1.807, 2.05) is 0 Å². The number of furan rings is 1. The second-order valence-electron chi connectivity index (χ2n) is 5.05. The van der Waals surface area contributed by atoms with Crippen LogP contribution in [0.2, 0.25) is 0 Å². The number of rotatable bonds is 3. The molecule has 3 heterocycles. The molecule has 1 aliphatic rings. The van der Waals surface area contributed by atoms with Crippen LogP contribution in [0.1, 0.15) is 41.2 Å². The van der Waals surface area contributed by atoms with Crippen molar-refractivity contribution < 1.29 is 9.21 Å². The highest BCUT2D eigenvalue weighted by molar-refractivity contribution is 5.94. The first kappa shape index (κ1) is 13.6. The fourth-order valence-electron chi connectivity index (χ4n) is 2.61. The highest BCUT2D eigenvalue weighted by Crippen LogP contribution is 2.13. The molecule has 112 valence electrons. The van der Waals surface area contributed by atoms with Crippen LogP contribution >= 0.6 is 0 Å². The Morgan fingerprint density at radius 1 is 1.43 bits per heavy atom. The monoisotopic (exact) mass is 291 g/mol. The molecule has 8 heteroatoms. The molecule has 0 aliphatic carbocycles. The Balaban J connectivity index is 1.91. The third-order valence-corrected chi connectivity index (χ3v) is 3.70. The minimum Gasteiger partial charge on any atom is -0.467 e. The molecule has 0 saturated carbocycles. The van der Waals surface area contributed by atoms with Crippen LogP contribution in [0.3, 0.4) is 0 Å². The van der Waals surface area contributed by atoms with E-state index in [2.05, 4.69) is 10.5 Å². The molecular weight excluding hydrogens is 274 g/mol. The summed E-state index contributed by atoms with van der Waals surface area (Å²) in [6, 6.07) is 1.52. The molecule has 0 radical (unpaired) electrons. The SMILES string of the molecule is NNC(=O)c1ccoc1Cn1nc2n(c1=O)CCCCC2. The van der Waals surface area contributed by atoms with E-state index in [-0.39, 0.29) is 12.2 Å². The van der Waals surface area contributed by atoms with Crippen molar-refractivity contribution in [2.45, 2.75) is 38.8 Å². The van der Waals surface area contributed by atoms with E-state index in [0.29, 0.717) is 17.9 Å². The van der Waals surface area contributed by atoms with E-state index >= 15 is 0 Å². The molecule has 0 aromatic carbocycles. The third-order valence-electron chi connectivity index (χ3n) is 3.70. The molecule has 0 saturated heterocycles. The number of nitrogen functional groups attached to an aromatic ring is 1. The number of amides is 1. The van der Waals surface area contributed by atoms with Gasteiger partial charge in [-0.25, -0.2) is 15.3 Å². The molecule has 21 heavy (non-hydrogen) atoms. The van der Waals surface area contributed by atoms with Crippen LogP contribution in [0.25, 0.3) is 0 Å². The minimum atomic E-state index is -0.451. The fourth-order valence-corrected chi connectivity index (χ4v) is 2.61. The summed E-state index contributed by atoms with van der Waals surface area (Å²) in [6.07, 6.45) is 5.34. The zero-order valence-electron chi connectivity index (χ0n) is 11.5. The van der Waals surface area contributed by atoms with Gasteiger partial charge in [0.1, 0.15) is 18.1 Å². The number of aromatic nitrogens is 3. The molecule has 3 rings (SSSR count). The van der Waals surface area contributed by atoms with Gasteiger partial charge in [-0.3, -0.25) is 14.8 Å². The van der Waals surface area contributed by atoms with Gasteiger partial charge in [0.25, 0.3) is 5.91 Å². The molecule has 1 amide bonds. The van der Waals surface area contributed by atoms with Gasteiger partial charge in [0.15, 0.2) is 0 Å². The summed E-state index contributed by atoms with van der Waals surface area (Å²) in [5.74, 6) is 5.84. The van der Waals surface area contributed by atoms with E-state index in [1.165, 1.54) is 17.0 Å². The molecule has 8 nitrogen and oxygen atoms in total. The van der Waals surface area contributed by atoms with E-state index in [1.54, 1.807) is 4.57 Å². The van der Waals surface area contributed by atoms with E-state index in [4.69, 9.17) is 10.3 Å². The van der Waals surface area contributed by atoms with E-state index in [9.17, 15) is 9.59 Å². The number of nitrogens with zero attached hydrogens (tertiary/aromatic N) is 3. The van der Waals surface area contributed by atoms with Crippen LogP contribution < -0.4 is 17.0 Å². The first-order valence-electron chi connectivity index (χ1n) is 6.94. The normalized spacial score (nSPS) is 14.5. The van der Waals surface area contributed by atoms with Gasteiger partial charge in [-0.1, -0.05) is 6.42 Å². The number of hydrazine groups is 1. The summed E-state index contributed by atoms with van der Waals surface area (Å²) in [4.78, 5) is 23.9. The number of hydrogen-bond acceptors (Lipinski definition) is 5. The maximum absolute atomic E-state index is 12.3.